The van der Waals surface area contributed by atoms with E-state index in [1.54, 1.807) is 10.9 Å². The van der Waals surface area contributed by atoms with Crippen molar-refractivity contribution in [3.05, 3.63) is 40.4 Å². The van der Waals surface area contributed by atoms with Gasteiger partial charge in [-0.1, -0.05) is 31.4 Å². The summed E-state index contributed by atoms with van der Waals surface area (Å²) in [7, 11) is 0. The molecular weight excluding hydrogens is 322 g/mol. The van der Waals surface area contributed by atoms with Crippen LogP contribution in [0.2, 0.25) is 0 Å². The molecule has 0 bridgehead atoms. The van der Waals surface area contributed by atoms with Gasteiger partial charge in [0, 0.05) is 18.5 Å². The highest BCUT2D eigenvalue weighted by Gasteiger charge is 2.21. The van der Waals surface area contributed by atoms with Crippen molar-refractivity contribution in [3.8, 4) is 0 Å². The second-order valence-electron chi connectivity index (χ2n) is 6.08. The zero-order chi connectivity index (χ0) is 16.9. The van der Waals surface area contributed by atoms with Crippen LogP contribution >= 0.6 is 12.2 Å². The Balaban J connectivity index is 1.78. The predicted octanol–water partition coefficient (Wildman–Crippen LogP) is 3.83. The van der Waals surface area contributed by atoms with Crippen molar-refractivity contribution in [1.29, 1.82) is 0 Å². The largest absolute Gasteiger partial charge is 0.326 e. The summed E-state index contributed by atoms with van der Waals surface area (Å²) in [5, 5.41) is 14.5. The Hall–Kier alpha value is -2.28. The molecule has 2 aromatic rings. The molecule has 1 aromatic heterocycles. The van der Waals surface area contributed by atoms with Crippen molar-refractivity contribution < 1.29 is 4.79 Å². The maximum atomic E-state index is 11.0. The van der Waals surface area contributed by atoms with Gasteiger partial charge in [0.2, 0.25) is 10.7 Å². The quantitative estimate of drug-likeness (QED) is 0.654. The first-order valence-corrected chi connectivity index (χ1v) is 8.63. The Bertz CT molecular complexity index is 784. The van der Waals surface area contributed by atoms with E-state index in [0.717, 1.165) is 29.9 Å². The normalized spacial score (nSPS) is 15.7. The lowest BCUT2D eigenvalue weighted by molar-refractivity contribution is -0.114. The lowest BCUT2D eigenvalue weighted by Gasteiger charge is -2.19. The Kier molecular flexibility index (Phi) is 5.20. The van der Waals surface area contributed by atoms with Crippen molar-refractivity contribution in [1.82, 2.24) is 14.9 Å². The lowest BCUT2D eigenvalue weighted by Crippen LogP contribution is -2.10. The molecule has 24 heavy (non-hydrogen) atoms. The van der Waals surface area contributed by atoms with Crippen LogP contribution in [-0.4, -0.2) is 27.0 Å². The van der Waals surface area contributed by atoms with E-state index in [1.807, 2.05) is 24.3 Å². The molecule has 1 aliphatic rings. The van der Waals surface area contributed by atoms with Gasteiger partial charge in [-0.25, -0.2) is 0 Å². The first kappa shape index (κ1) is 16.6. The van der Waals surface area contributed by atoms with Crippen LogP contribution in [0.4, 0.5) is 5.69 Å². The van der Waals surface area contributed by atoms with Crippen LogP contribution in [0, 0.1) is 4.77 Å². The van der Waals surface area contributed by atoms with Crippen molar-refractivity contribution >= 4 is 30.0 Å². The van der Waals surface area contributed by atoms with Gasteiger partial charge in [0.15, 0.2) is 5.82 Å². The number of hydrogen-bond acceptors (Lipinski definition) is 4. The second-order valence-corrected chi connectivity index (χ2v) is 6.47. The van der Waals surface area contributed by atoms with Crippen molar-refractivity contribution in [2.45, 2.75) is 44.9 Å². The standard InChI is InChI=1S/C17H21N5OS/c1-12(23)19-15-9-7-13(8-10-15)11-18-22-16(20-21-17(22)24)14-5-3-2-4-6-14/h7-11,14H,2-6H2,1H3,(H,19,23)(H,21,24)/b18-11+. The van der Waals surface area contributed by atoms with Gasteiger partial charge in [-0.05, 0) is 42.8 Å². The van der Waals surface area contributed by atoms with Gasteiger partial charge in [0.25, 0.3) is 0 Å². The maximum Gasteiger partial charge on any atom is 0.221 e. The summed E-state index contributed by atoms with van der Waals surface area (Å²) in [6.07, 6.45) is 7.80. The van der Waals surface area contributed by atoms with E-state index < -0.39 is 0 Å². The minimum Gasteiger partial charge on any atom is -0.326 e. The molecule has 1 aromatic carbocycles. The molecular formula is C17H21N5OS. The van der Waals surface area contributed by atoms with Crippen LogP contribution < -0.4 is 5.32 Å². The summed E-state index contributed by atoms with van der Waals surface area (Å²) < 4.78 is 2.24. The van der Waals surface area contributed by atoms with Gasteiger partial charge in [-0.3, -0.25) is 9.89 Å². The van der Waals surface area contributed by atoms with Gasteiger partial charge >= 0.3 is 0 Å². The van der Waals surface area contributed by atoms with Crippen LogP contribution in [0.3, 0.4) is 0 Å². The number of anilines is 1. The van der Waals surface area contributed by atoms with Gasteiger partial charge in [0.05, 0.1) is 6.21 Å². The molecule has 1 amide bonds. The van der Waals surface area contributed by atoms with Gasteiger partial charge in [-0.15, -0.1) is 0 Å². The molecule has 1 heterocycles. The summed E-state index contributed by atoms with van der Waals surface area (Å²) in [6, 6.07) is 7.50. The molecule has 0 saturated heterocycles. The topological polar surface area (TPSA) is 75.1 Å². The fraction of sp³-hybridized carbons (Fsp3) is 0.412. The molecule has 0 radical (unpaired) electrons. The van der Waals surface area contributed by atoms with Crippen LogP contribution in [-0.2, 0) is 4.79 Å². The Morgan fingerprint density at radius 1 is 1.33 bits per heavy atom. The summed E-state index contributed by atoms with van der Waals surface area (Å²) >= 11 is 5.31. The van der Waals surface area contributed by atoms with Crippen molar-refractivity contribution in [2.24, 2.45) is 5.10 Å². The predicted molar refractivity (Wildman–Crippen MR) is 97.0 cm³/mol. The van der Waals surface area contributed by atoms with Gasteiger partial charge in [-0.2, -0.15) is 14.9 Å². The Morgan fingerprint density at radius 3 is 2.71 bits per heavy atom. The molecule has 126 valence electrons. The first-order valence-electron chi connectivity index (χ1n) is 8.23. The molecule has 0 aliphatic heterocycles. The highest BCUT2D eigenvalue weighted by Crippen LogP contribution is 2.31. The van der Waals surface area contributed by atoms with Crippen molar-refractivity contribution in [2.75, 3.05) is 5.32 Å². The number of hydrogen-bond donors (Lipinski definition) is 2. The number of nitrogens with one attached hydrogen (secondary N) is 2. The summed E-state index contributed by atoms with van der Waals surface area (Å²) in [4.78, 5) is 11.0. The third kappa shape index (κ3) is 3.97. The monoisotopic (exact) mass is 343 g/mol. The number of carbonyl (C=O) groups excluding carboxylic acids is 1. The van der Waals surface area contributed by atoms with E-state index >= 15 is 0 Å². The Morgan fingerprint density at radius 2 is 2.04 bits per heavy atom. The van der Waals surface area contributed by atoms with Crippen LogP contribution in [0.1, 0.15) is 56.3 Å². The fourth-order valence-corrected chi connectivity index (χ4v) is 3.21. The van der Waals surface area contributed by atoms with Gasteiger partial charge in [0.1, 0.15) is 0 Å². The zero-order valence-electron chi connectivity index (χ0n) is 13.7. The van der Waals surface area contributed by atoms with E-state index in [9.17, 15) is 4.79 Å². The molecule has 0 atom stereocenters. The van der Waals surface area contributed by atoms with Crippen molar-refractivity contribution in [3.63, 3.8) is 0 Å². The third-order valence-corrected chi connectivity index (χ3v) is 4.46. The van der Waals surface area contributed by atoms with Gasteiger partial charge < -0.3 is 5.32 Å². The summed E-state index contributed by atoms with van der Waals surface area (Å²) in [6.45, 7) is 1.49. The molecule has 1 aliphatic carbocycles. The lowest BCUT2D eigenvalue weighted by atomic mass is 9.89. The first-order chi connectivity index (χ1) is 11.6. The van der Waals surface area contributed by atoms with E-state index in [0.29, 0.717) is 10.7 Å². The average Bonchev–Trinajstić information content (AvgIpc) is 2.95. The molecule has 2 N–H and O–H groups in total. The second kappa shape index (κ2) is 7.53. The van der Waals surface area contributed by atoms with E-state index in [-0.39, 0.29) is 5.91 Å². The number of aromatic amines is 1. The number of carbonyl (C=O) groups is 1. The molecule has 0 spiro atoms. The smallest absolute Gasteiger partial charge is 0.221 e. The van der Waals surface area contributed by atoms with E-state index in [2.05, 4.69) is 20.6 Å². The number of aromatic nitrogens is 3. The molecule has 1 fully saturated rings. The maximum absolute atomic E-state index is 11.0. The van der Waals surface area contributed by atoms with Crippen LogP contribution in [0.25, 0.3) is 0 Å². The number of amides is 1. The number of nitrogens with zero attached hydrogens (tertiary/aromatic N) is 3. The molecule has 3 rings (SSSR count). The minimum atomic E-state index is -0.0850. The molecule has 1 saturated carbocycles. The number of rotatable bonds is 4. The third-order valence-electron chi connectivity index (χ3n) is 4.20. The van der Waals surface area contributed by atoms with E-state index in [1.165, 1.54) is 26.2 Å². The number of H-pyrrole nitrogens is 1. The summed E-state index contributed by atoms with van der Waals surface area (Å²) in [5.74, 6) is 1.26. The fourth-order valence-electron chi connectivity index (χ4n) is 3.02. The zero-order valence-corrected chi connectivity index (χ0v) is 14.5. The highest BCUT2D eigenvalue weighted by molar-refractivity contribution is 7.71. The highest BCUT2D eigenvalue weighted by atomic mass is 32.1. The SMILES string of the molecule is CC(=O)Nc1ccc(/C=N/n2c(C3CCCCC3)n[nH]c2=S)cc1. The van der Waals surface area contributed by atoms with E-state index in [4.69, 9.17) is 12.2 Å². The number of benzene rings is 1. The molecule has 7 heteroatoms. The van der Waals surface area contributed by atoms with Crippen LogP contribution in [0.5, 0.6) is 0 Å². The molecule has 0 unspecified atom stereocenters. The van der Waals surface area contributed by atoms with Crippen LogP contribution in [0.15, 0.2) is 29.4 Å². The summed E-state index contributed by atoms with van der Waals surface area (Å²) in [5.41, 5.74) is 1.70. The minimum absolute atomic E-state index is 0.0850. The molecule has 6 nitrogen and oxygen atoms in total. The Labute approximate surface area is 146 Å². The average molecular weight is 343 g/mol.